The van der Waals surface area contributed by atoms with Crippen molar-refractivity contribution in [2.24, 2.45) is 0 Å². The fraction of sp³-hybridized carbons (Fsp3) is 0.643. The van der Waals surface area contributed by atoms with E-state index < -0.39 is 0 Å². The van der Waals surface area contributed by atoms with Gasteiger partial charge in [0.15, 0.2) is 0 Å². The van der Waals surface area contributed by atoms with Crippen LogP contribution in [0.15, 0.2) is 12.4 Å². The van der Waals surface area contributed by atoms with Crippen LogP contribution in [0, 0.1) is 0 Å². The summed E-state index contributed by atoms with van der Waals surface area (Å²) in [7, 11) is 0. The Bertz CT molecular complexity index is 472. The quantitative estimate of drug-likeness (QED) is 0.909. The monoisotopic (exact) mass is 293 g/mol. The maximum absolute atomic E-state index is 11.7. The smallest absolute Gasteiger partial charge is 0.409 e. The molecule has 7 nitrogen and oxygen atoms in total. The first-order chi connectivity index (χ1) is 10.1. The van der Waals surface area contributed by atoms with E-state index in [9.17, 15) is 4.79 Å². The molecule has 0 atom stereocenters. The number of nitrogens with zero attached hydrogens (tertiary/aromatic N) is 4. The minimum absolute atomic E-state index is 0.234. The zero-order valence-corrected chi connectivity index (χ0v) is 12.9. The van der Waals surface area contributed by atoms with Crippen molar-refractivity contribution >= 4 is 17.7 Å². The molecule has 0 unspecified atom stereocenters. The highest BCUT2D eigenvalue weighted by Crippen LogP contribution is 2.17. The van der Waals surface area contributed by atoms with Crippen molar-refractivity contribution in [1.82, 2.24) is 14.9 Å². The van der Waals surface area contributed by atoms with Gasteiger partial charge in [-0.2, -0.15) is 0 Å². The highest BCUT2D eigenvalue weighted by Gasteiger charge is 2.22. The molecule has 0 bridgehead atoms. The second-order valence-electron chi connectivity index (χ2n) is 5.23. The molecule has 0 aromatic carbocycles. The third-order valence-corrected chi connectivity index (χ3v) is 3.22. The Hall–Kier alpha value is -2.05. The van der Waals surface area contributed by atoms with Gasteiger partial charge >= 0.3 is 6.09 Å². The summed E-state index contributed by atoms with van der Waals surface area (Å²) in [5.74, 6) is 1.71. The molecule has 116 valence electrons. The first-order valence-electron chi connectivity index (χ1n) is 7.35. The van der Waals surface area contributed by atoms with Gasteiger partial charge in [-0.1, -0.05) is 0 Å². The number of piperazine rings is 1. The number of rotatable bonds is 4. The number of hydrogen-bond acceptors (Lipinski definition) is 6. The molecule has 0 spiro atoms. The lowest BCUT2D eigenvalue weighted by Crippen LogP contribution is -2.49. The average molecular weight is 293 g/mol. The number of ether oxygens (including phenoxy) is 1. The SMILES string of the molecule is CCOC(=O)N1CCN(c2cc(NC(C)C)ncn2)CC1. The van der Waals surface area contributed by atoms with Crippen molar-refractivity contribution in [2.75, 3.05) is 43.0 Å². The van der Waals surface area contributed by atoms with Crippen molar-refractivity contribution in [3.8, 4) is 0 Å². The molecule has 1 saturated heterocycles. The largest absolute Gasteiger partial charge is 0.450 e. The Kier molecular flexibility index (Phi) is 5.19. The molecule has 1 aromatic rings. The van der Waals surface area contributed by atoms with Crippen LogP contribution in [-0.2, 0) is 4.74 Å². The molecule has 1 aliphatic rings. The zero-order chi connectivity index (χ0) is 15.2. The normalized spacial score (nSPS) is 15.2. The second kappa shape index (κ2) is 7.10. The number of amides is 1. The summed E-state index contributed by atoms with van der Waals surface area (Å²) < 4.78 is 5.02. The highest BCUT2D eigenvalue weighted by molar-refractivity contribution is 5.68. The third kappa shape index (κ3) is 4.21. The average Bonchev–Trinajstić information content (AvgIpc) is 2.47. The summed E-state index contributed by atoms with van der Waals surface area (Å²) >= 11 is 0. The zero-order valence-electron chi connectivity index (χ0n) is 12.9. The van der Waals surface area contributed by atoms with Gasteiger partial charge in [0.25, 0.3) is 0 Å². The molecule has 2 rings (SSSR count). The number of anilines is 2. The molecule has 1 aromatic heterocycles. The Balaban J connectivity index is 1.94. The van der Waals surface area contributed by atoms with Crippen molar-refractivity contribution in [3.63, 3.8) is 0 Å². The number of hydrogen-bond donors (Lipinski definition) is 1. The Morgan fingerprint density at radius 3 is 2.67 bits per heavy atom. The number of nitrogens with one attached hydrogen (secondary N) is 1. The van der Waals surface area contributed by atoms with E-state index in [0.717, 1.165) is 24.7 Å². The van der Waals surface area contributed by atoms with Crippen molar-refractivity contribution in [2.45, 2.75) is 26.8 Å². The molecule has 1 amide bonds. The highest BCUT2D eigenvalue weighted by atomic mass is 16.6. The number of carbonyl (C=O) groups is 1. The van der Waals surface area contributed by atoms with E-state index in [2.05, 4.69) is 34.0 Å². The van der Waals surface area contributed by atoms with E-state index in [-0.39, 0.29) is 6.09 Å². The van der Waals surface area contributed by atoms with E-state index in [1.807, 2.05) is 13.0 Å². The summed E-state index contributed by atoms with van der Waals surface area (Å²) in [5, 5.41) is 3.27. The molecule has 21 heavy (non-hydrogen) atoms. The van der Waals surface area contributed by atoms with E-state index in [1.54, 1.807) is 11.2 Å². The van der Waals surface area contributed by atoms with Crippen LogP contribution in [0.2, 0.25) is 0 Å². The summed E-state index contributed by atoms with van der Waals surface area (Å²) in [6, 6.07) is 2.27. The van der Waals surface area contributed by atoms with Crippen molar-refractivity contribution < 1.29 is 9.53 Å². The van der Waals surface area contributed by atoms with Gasteiger partial charge in [-0.15, -0.1) is 0 Å². The summed E-state index contributed by atoms with van der Waals surface area (Å²) in [6.07, 6.45) is 1.33. The minimum atomic E-state index is -0.234. The maximum Gasteiger partial charge on any atom is 0.409 e. The lowest BCUT2D eigenvalue weighted by molar-refractivity contribution is 0.105. The molecule has 0 radical (unpaired) electrons. The topological polar surface area (TPSA) is 70.6 Å². The summed E-state index contributed by atoms with van der Waals surface area (Å²) in [5.41, 5.74) is 0. The van der Waals surface area contributed by atoms with Gasteiger partial charge in [0.1, 0.15) is 18.0 Å². The van der Waals surface area contributed by atoms with Crippen molar-refractivity contribution in [3.05, 3.63) is 12.4 Å². The van der Waals surface area contributed by atoms with Crippen LogP contribution in [0.1, 0.15) is 20.8 Å². The van der Waals surface area contributed by atoms with Crippen LogP contribution in [0.25, 0.3) is 0 Å². The van der Waals surface area contributed by atoms with E-state index in [1.165, 1.54) is 0 Å². The molecule has 7 heteroatoms. The Morgan fingerprint density at radius 2 is 2.05 bits per heavy atom. The van der Waals surface area contributed by atoms with E-state index in [0.29, 0.717) is 25.7 Å². The fourth-order valence-corrected chi connectivity index (χ4v) is 2.23. The van der Waals surface area contributed by atoms with Crippen LogP contribution in [0.3, 0.4) is 0 Å². The van der Waals surface area contributed by atoms with Gasteiger partial charge < -0.3 is 19.9 Å². The van der Waals surface area contributed by atoms with Gasteiger partial charge in [0.2, 0.25) is 0 Å². The molecular formula is C14H23N5O2. The van der Waals surface area contributed by atoms with Gasteiger partial charge in [-0.3, -0.25) is 0 Å². The van der Waals surface area contributed by atoms with Crippen LogP contribution in [0.4, 0.5) is 16.4 Å². The Labute approximate surface area is 125 Å². The van der Waals surface area contributed by atoms with Crippen LogP contribution in [-0.4, -0.2) is 59.8 Å². The first kappa shape index (κ1) is 15.3. The predicted octanol–water partition coefficient (Wildman–Crippen LogP) is 1.58. The molecule has 0 aliphatic carbocycles. The summed E-state index contributed by atoms with van der Waals surface area (Å²) in [6.45, 7) is 9.16. The van der Waals surface area contributed by atoms with Crippen LogP contribution >= 0.6 is 0 Å². The molecule has 1 aliphatic heterocycles. The first-order valence-corrected chi connectivity index (χ1v) is 7.35. The fourth-order valence-electron chi connectivity index (χ4n) is 2.23. The second-order valence-corrected chi connectivity index (χ2v) is 5.23. The van der Waals surface area contributed by atoms with Crippen molar-refractivity contribution in [1.29, 1.82) is 0 Å². The van der Waals surface area contributed by atoms with Crippen LogP contribution < -0.4 is 10.2 Å². The van der Waals surface area contributed by atoms with Gasteiger partial charge in [-0.25, -0.2) is 14.8 Å². The van der Waals surface area contributed by atoms with Gasteiger partial charge in [0.05, 0.1) is 6.61 Å². The third-order valence-electron chi connectivity index (χ3n) is 3.22. The number of aromatic nitrogens is 2. The maximum atomic E-state index is 11.7. The molecular weight excluding hydrogens is 270 g/mol. The Morgan fingerprint density at radius 1 is 1.33 bits per heavy atom. The van der Waals surface area contributed by atoms with E-state index >= 15 is 0 Å². The lowest BCUT2D eigenvalue weighted by Gasteiger charge is -2.34. The van der Waals surface area contributed by atoms with Gasteiger partial charge in [0, 0.05) is 38.3 Å². The predicted molar refractivity (Wildman–Crippen MR) is 81.6 cm³/mol. The van der Waals surface area contributed by atoms with Gasteiger partial charge in [-0.05, 0) is 20.8 Å². The minimum Gasteiger partial charge on any atom is -0.450 e. The summed E-state index contributed by atoms with van der Waals surface area (Å²) in [4.78, 5) is 24.1. The van der Waals surface area contributed by atoms with Crippen LogP contribution in [0.5, 0.6) is 0 Å². The lowest BCUT2D eigenvalue weighted by atomic mass is 10.3. The molecule has 2 heterocycles. The van der Waals surface area contributed by atoms with E-state index in [4.69, 9.17) is 4.74 Å². The number of carbonyl (C=O) groups excluding carboxylic acids is 1. The molecule has 0 saturated carbocycles. The molecule has 1 fully saturated rings. The standard InChI is InChI=1S/C14H23N5O2/c1-4-21-14(20)19-7-5-18(6-8-19)13-9-12(15-10-16-13)17-11(2)3/h9-11H,4-8H2,1-3H3,(H,15,16,17). The molecule has 1 N–H and O–H groups in total.